The van der Waals surface area contributed by atoms with E-state index in [-0.39, 0.29) is 17.9 Å². The largest absolute Gasteiger partial charge is 0.496 e. The molecule has 0 aliphatic rings. The van der Waals surface area contributed by atoms with Crippen molar-refractivity contribution in [2.45, 2.75) is 13.5 Å². The lowest BCUT2D eigenvalue weighted by Gasteiger charge is -2.10. The van der Waals surface area contributed by atoms with Gasteiger partial charge in [0.2, 0.25) is 0 Å². The second kappa shape index (κ2) is 6.17. The van der Waals surface area contributed by atoms with E-state index in [0.29, 0.717) is 20.7 Å². The smallest absolute Gasteiger partial charge is 0.267 e. The Bertz CT molecular complexity index is 710. The molecular formula is C14H13IN2O3. The van der Waals surface area contributed by atoms with Gasteiger partial charge < -0.3 is 4.74 Å². The van der Waals surface area contributed by atoms with Crippen LogP contribution in [0.15, 0.2) is 35.3 Å². The van der Waals surface area contributed by atoms with Gasteiger partial charge in [-0.3, -0.25) is 14.2 Å². The molecule has 2 aromatic rings. The molecule has 0 unspecified atom stereocenters. The number of carbonyl (C=O) groups is 1. The van der Waals surface area contributed by atoms with Crippen molar-refractivity contribution >= 4 is 28.4 Å². The minimum Gasteiger partial charge on any atom is -0.496 e. The number of ether oxygens (including phenoxy) is 1. The van der Waals surface area contributed by atoms with Gasteiger partial charge in [0.05, 0.1) is 22.8 Å². The highest BCUT2D eigenvalue weighted by atomic mass is 127. The number of ketones is 1. The number of methoxy groups -OCH3 is 1. The molecule has 0 saturated carbocycles. The number of aryl methyl sites for hydroxylation is 1. The first kappa shape index (κ1) is 14.7. The maximum Gasteiger partial charge on any atom is 0.267 e. The number of hydrogen-bond donors (Lipinski definition) is 0. The molecule has 0 saturated heterocycles. The molecule has 1 aromatic heterocycles. The summed E-state index contributed by atoms with van der Waals surface area (Å²) in [4.78, 5) is 28.5. The van der Waals surface area contributed by atoms with E-state index in [2.05, 4.69) is 4.98 Å². The zero-order valence-electron chi connectivity index (χ0n) is 11.1. The van der Waals surface area contributed by atoms with Crippen LogP contribution in [0, 0.1) is 10.5 Å². The Kier molecular flexibility index (Phi) is 4.53. The molecule has 0 spiro atoms. The number of Topliss-reactive ketones (excluding diaryl/α,β-unsaturated/α-hetero) is 1. The molecule has 1 heterocycles. The second-order valence-corrected chi connectivity index (χ2v) is 5.33. The Morgan fingerprint density at radius 3 is 2.80 bits per heavy atom. The topological polar surface area (TPSA) is 61.2 Å². The lowest BCUT2D eigenvalue weighted by molar-refractivity contribution is 0.0966. The van der Waals surface area contributed by atoms with Gasteiger partial charge in [0.1, 0.15) is 11.6 Å². The van der Waals surface area contributed by atoms with E-state index >= 15 is 0 Å². The van der Waals surface area contributed by atoms with Crippen molar-refractivity contribution in [3.8, 4) is 5.75 Å². The molecule has 0 atom stereocenters. The van der Waals surface area contributed by atoms with Gasteiger partial charge in [0.15, 0.2) is 5.78 Å². The molecule has 0 amide bonds. The molecule has 1 aromatic carbocycles. The van der Waals surface area contributed by atoms with Crippen LogP contribution < -0.4 is 10.3 Å². The number of nitrogens with zero attached hydrogens (tertiary/aromatic N) is 2. The molecule has 0 aliphatic heterocycles. The summed E-state index contributed by atoms with van der Waals surface area (Å²) in [5, 5.41) is 0. The van der Waals surface area contributed by atoms with E-state index in [1.54, 1.807) is 31.2 Å². The summed E-state index contributed by atoms with van der Waals surface area (Å²) in [5.41, 5.74) is 0.251. The van der Waals surface area contributed by atoms with Crippen LogP contribution in [0.5, 0.6) is 5.75 Å². The fraction of sp³-hybridized carbons (Fsp3) is 0.214. The van der Waals surface area contributed by atoms with Crippen LogP contribution in [0.25, 0.3) is 0 Å². The van der Waals surface area contributed by atoms with Gasteiger partial charge in [-0.25, -0.2) is 4.98 Å². The molecule has 104 valence electrons. The number of halogens is 1. The van der Waals surface area contributed by atoms with Crippen molar-refractivity contribution in [3.63, 3.8) is 0 Å². The molecule has 6 heteroatoms. The molecule has 0 radical (unpaired) electrons. The third kappa shape index (κ3) is 2.90. The molecule has 0 N–H and O–H groups in total. The standard InChI is InChI=1S/C14H13IN2O3/c1-9-16-7-11(15)14(19)17(9)8-12(18)10-5-3-4-6-13(10)20-2/h3-7H,8H2,1-2H3. The molecule has 2 rings (SSSR count). The first-order valence-electron chi connectivity index (χ1n) is 5.92. The number of rotatable bonds is 4. The van der Waals surface area contributed by atoms with Crippen molar-refractivity contribution in [1.29, 1.82) is 0 Å². The quantitative estimate of drug-likeness (QED) is 0.598. The summed E-state index contributed by atoms with van der Waals surface area (Å²) in [5.74, 6) is 0.830. The van der Waals surface area contributed by atoms with Crippen LogP contribution >= 0.6 is 22.6 Å². The van der Waals surface area contributed by atoms with Crippen molar-refractivity contribution in [2.24, 2.45) is 0 Å². The zero-order valence-corrected chi connectivity index (χ0v) is 13.2. The summed E-state index contributed by atoms with van der Waals surface area (Å²) < 4.78 is 7.02. The van der Waals surface area contributed by atoms with Crippen molar-refractivity contribution in [1.82, 2.24) is 9.55 Å². The van der Waals surface area contributed by atoms with Gasteiger partial charge in [-0.05, 0) is 41.6 Å². The summed E-state index contributed by atoms with van der Waals surface area (Å²) in [6.45, 7) is 1.65. The lowest BCUT2D eigenvalue weighted by atomic mass is 10.1. The third-order valence-corrected chi connectivity index (χ3v) is 3.65. The first-order valence-corrected chi connectivity index (χ1v) is 7.00. The average Bonchev–Trinajstić information content (AvgIpc) is 2.47. The maximum absolute atomic E-state index is 12.3. The van der Waals surface area contributed by atoms with Crippen LogP contribution in [0.2, 0.25) is 0 Å². The number of benzene rings is 1. The minimum absolute atomic E-state index is 0.0467. The summed E-state index contributed by atoms with van der Waals surface area (Å²) in [6, 6.07) is 6.96. The number of aromatic nitrogens is 2. The molecule has 20 heavy (non-hydrogen) atoms. The average molecular weight is 384 g/mol. The van der Waals surface area contributed by atoms with E-state index in [4.69, 9.17) is 4.74 Å². The fourth-order valence-electron chi connectivity index (χ4n) is 1.84. The van der Waals surface area contributed by atoms with E-state index < -0.39 is 0 Å². The van der Waals surface area contributed by atoms with Crippen molar-refractivity contribution in [3.05, 3.63) is 55.8 Å². The van der Waals surface area contributed by atoms with Crippen molar-refractivity contribution in [2.75, 3.05) is 7.11 Å². The second-order valence-electron chi connectivity index (χ2n) is 4.17. The highest BCUT2D eigenvalue weighted by Crippen LogP contribution is 2.18. The summed E-state index contributed by atoms with van der Waals surface area (Å²) in [7, 11) is 1.51. The zero-order chi connectivity index (χ0) is 14.7. The summed E-state index contributed by atoms with van der Waals surface area (Å²) >= 11 is 1.91. The molecular weight excluding hydrogens is 371 g/mol. The van der Waals surface area contributed by atoms with Crippen LogP contribution in [0.1, 0.15) is 16.2 Å². The van der Waals surface area contributed by atoms with Gasteiger partial charge in [-0.2, -0.15) is 0 Å². The highest BCUT2D eigenvalue weighted by Gasteiger charge is 2.15. The van der Waals surface area contributed by atoms with Gasteiger partial charge in [-0.1, -0.05) is 12.1 Å². The maximum atomic E-state index is 12.3. The fourth-order valence-corrected chi connectivity index (χ4v) is 2.27. The number of para-hydroxylation sites is 1. The Morgan fingerprint density at radius 1 is 1.40 bits per heavy atom. The van der Waals surface area contributed by atoms with Crippen LogP contribution in [0.3, 0.4) is 0 Å². The SMILES string of the molecule is COc1ccccc1C(=O)Cn1c(C)ncc(I)c1=O. The Morgan fingerprint density at radius 2 is 2.10 bits per heavy atom. The minimum atomic E-state index is -0.207. The van der Waals surface area contributed by atoms with Crippen LogP contribution in [-0.2, 0) is 6.54 Å². The number of carbonyl (C=O) groups excluding carboxylic acids is 1. The number of hydrogen-bond acceptors (Lipinski definition) is 4. The first-order chi connectivity index (χ1) is 9.54. The predicted octanol–water partition coefficient (Wildman–Crippen LogP) is 2.05. The van der Waals surface area contributed by atoms with E-state index in [1.807, 2.05) is 22.6 Å². The highest BCUT2D eigenvalue weighted by molar-refractivity contribution is 14.1. The van der Waals surface area contributed by atoms with Crippen molar-refractivity contribution < 1.29 is 9.53 Å². The normalized spacial score (nSPS) is 10.3. The molecule has 0 aliphatic carbocycles. The predicted molar refractivity (Wildman–Crippen MR) is 83.3 cm³/mol. The molecule has 0 fully saturated rings. The molecule has 0 bridgehead atoms. The van der Waals surface area contributed by atoms with Gasteiger partial charge in [-0.15, -0.1) is 0 Å². The Hall–Kier alpha value is -1.70. The third-order valence-electron chi connectivity index (χ3n) is 2.91. The Balaban J connectivity index is 2.38. The Labute approximate surface area is 129 Å². The monoisotopic (exact) mass is 384 g/mol. The van der Waals surface area contributed by atoms with E-state index in [1.165, 1.54) is 17.9 Å². The van der Waals surface area contributed by atoms with Crippen LogP contribution in [-0.4, -0.2) is 22.4 Å². The van der Waals surface area contributed by atoms with E-state index in [0.717, 1.165) is 0 Å². The lowest BCUT2D eigenvalue weighted by Crippen LogP contribution is -2.29. The van der Waals surface area contributed by atoms with Gasteiger partial charge >= 0.3 is 0 Å². The van der Waals surface area contributed by atoms with Gasteiger partial charge in [0.25, 0.3) is 5.56 Å². The van der Waals surface area contributed by atoms with Gasteiger partial charge in [0, 0.05) is 6.20 Å². The van der Waals surface area contributed by atoms with E-state index in [9.17, 15) is 9.59 Å². The summed E-state index contributed by atoms with van der Waals surface area (Å²) in [6.07, 6.45) is 1.50. The van der Waals surface area contributed by atoms with Crippen LogP contribution in [0.4, 0.5) is 0 Å². The molecule has 5 nitrogen and oxygen atoms in total.